The van der Waals surface area contributed by atoms with E-state index < -0.39 is 11.3 Å². The molecule has 118 valence electrons. The Bertz CT molecular complexity index is 845. The number of nitrogens with two attached hydrogens (primary N) is 1. The molecule has 3 rings (SSSR count). The maximum Gasteiger partial charge on any atom is 0.191 e. The second-order valence-electron chi connectivity index (χ2n) is 6.20. The van der Waals surface area contributed by atoms with E-state index in [2.05, 4.69) is 18.2 Å². The fourth-order valence-electron chi connectivity index (χ4n) is 3.93. The SMILES string of the molecule is N#CC1=C(N)C(C#N)(C#N)[C@H](c2ccc(O)cc2)[C@@H]2CCCC=C12. The van der Waals surface area contributed by atoms with Gasteiger partial charge >= 0.3 is 0 Å². The van der Waals surface area contributed by atoms with Crippen molar-refractivity contribution >= 4 is 0 Å². The Balaban J connectivity index is 2.31. The average molecular weight is 316 g/mol. The molecule has 0 fully saturated rings. The number of hydrogen-bond acceptors (Lipinski definition) is 5. The maximum absolute atomic E-state index is 9.84. The van der Waals surface area contributed by atoms with E-state index in [1.807, 2.05) is 6.08 Å². The van der Waals surface area contributed by atoms with Crippen LogP contribution in [0.2, 0.25) is 0 Å². The molecular weight excluding hydrogens is 300 g/mol. The Hall–Kier alpha value is -3.23. The van der Waals surface area contributed by atoms with Crippen LogP contribution in [-0.4, -0.2) is 5.11 Å². The second kappa shape index (κ2) is 5.76. The first-order valence-corrected chi connectivity index (χ1v) is 7.81. The van der Waals surface area contributed by atoms with Crippen molar-refractivity contribution in [1.82, 2.24) is 0 Å². The van der Waals surface area contributed by atoms with Crippen LogP contribution in [0.1, 0.15) is 30.7 Å². The lowest BCUT2D eigenvalue weighted by Gasteiger charge is -2.43. The van der Waals surface area contributed by atoms with Crippen LogP contribution >= 0.6 is 0 Å². The number of fused-ring (bicyclic) bond motifs is 1. The van der Waals surface area contributed by atoms with Crippen molar-refractivity contribution in [2.75, 3.05) is 0 Å². The van der Waals surface area contributed by atoms with Gasteiger partial charge in [-0.1, -0.05) is 18.2 Å². The predicted molar refractivity (Wildman–Crippen MR) is 86.8 cm³/mol. The molecule has 0 amide bonds. The molecule has 0 spiro atoms. The topological polar surface area (TPSA) is 118 Å². The highest BCUT2D eigenvalue weighted by molar-refractivity contribution is 5.59. The summed E-state index contributed by atoms with van der Waals surface area (Å²) in [5.41, 5.74) is 6.53. The van der Waals surface area contributed by atoms with Crippen molar-refractivity contribution in [3.63, 3.8) is 0 Å². The van der Waals surface area contributed by atoms with Gasteiger partial charge < -0.3 is 10.8 Å². The van der Waals surface area contributed by atoms with Gasteiger partial charge in [-0.15, -0.1) is 0 Å². The van der Waals surface area contributed by atoms with Crippen LogP contribution in [0, 0.1) is 45.3 Å². The molecule has 1 aromatic rings. The quantitative estimate of drug-likeness (QED) is 0.825. The Morgan fingerprint density at radius 1 is 1.12 bits per heavy atom. The van der Waals surface area contributed by atoms with Gasteiger partial charge in [0, 0.05) is 5.92 Å². The molecule has 0 heterocycles. The third-order valence-corrected chi connectivity index (χ3v) is 5.05. The standard InChI is InChI=1S/C19H16N4O/c20-9-16-14-3-1-2-4-15(14)17(12-5-7-13(24)8-6-12)19(10-21,11-22)18(16)23/h3,5-8,15,17,24H,1-2,4,23H2/t15-,17-/m1/s1. The smallest absolute Gasteiger partial charge is 0.191 e. The molecule has 2 atom stereocenters. The summed E-state index contributed by atoms with van der Waals surface area (Å²) < 4.78 is 0. The van der Waals surface area contributed by atoms with Crippen molar-refractivity contribution in [3.05, 3.63) is 52.7 Å². The zero-order valence-corrected chi connectivity index (χ0v) is 13.0. The number of benzene rings is 1. The summed E-state index contributed by atoms with van der Waals surface area (Å²) >= 11 is 0. The van der Waals surface area contributed by atoms with E-state index in [0.29, 0.717) is 0 Å². The van der Waals surface area contributed by atoms with Crippen LogP contribution in [0.5, 0.6) is 5.75 Å². The molecule has 0 saturated carbocycles. The highest BCUT2D eigenvalue weighted by atomic mass is 16.3. The molecule has 2 aliphatic rings. The monoisotopic (exact) mass is 316 g/mol. The fraction of sp³-hybridized carbons (Fsp3) is 0.316. The zero-order valence-electron chi connectivity index (χ0n) is 13.0. The molecule has 0 aliphatic heterocycles. The lowest BCUT2D eigenvalue weighted by atomic mass is 9.57. The Morgan fingerprint density at radius 3 is 2.38 bits per heavy atom. The lowest BCUT2D eigenvalue weighted by molar-refractivity contribution is 0.317. The van der Waals surface area contributed by atoms with E-state index in [4.69, 9.17) is 5.73 Å². The van der Waals surface area contributed by atoms with Crippen LogP contribution < -0.4 is 5.73 Å². The van der Waals surface area contributed by atoms with Gasteiger partial charge in [-0.2, -0.15) is 15.8 Å². The Labute approximate surface area is 140 Å². The van der Waals surface area contributed by atoms with E-state index in [9.17, 15) is 20.9 Å². The number of allylic oxidation sites excluding steroid dienone is 4. The van der Waals surface area contributed by atoms with Gasteiger partial charge in [0.15, 0.2) is 5.41 Å². The summed E-state index contributed by atoms with van der Waals surface area (Å²) in [6.45, 7) is 0. The van der Waals surface area contributed by atoms with Gasteiger partial charge in [0.25, 0.3) is 0 Å². The summed E-state index contributed by atoms with van der Waals surface area (Å²) in [6.07, 6.45) is 4.60. The van der Waals surface area contributed by atoms with Crippen molar-refractivity contribution < 1.29 is 5.11 Å². The van der Waals surface area contributed by atoms with E-state index in [1.165, 1.54) is 0 Å². The third kappa shape index (κ3) is 2.05. The molecule has 1 aromatic carbocycles. The first-order valence-electron chi connectivity index (χ1n) is 7.81. The van der Waals surface area contributed by atoms with E-state index in [1.54, 1.807) is 24.3 Å². The highest BCUT2D eigenvalue weighted by Gasteiger charge is 2.53. The van der Waals surface area contributed by atoms with E-state index in [-0.39, 0.29) is 22.9 Å². The van der Waals surface area contributed by atoms with Crippen LogP contribution in [0.4, 0.5) is 0 Å². The van der Waals surface area contributed by atoms with Gasteiger partial charge in [-0.3, -0.25) is 0 Å². The molecule has 0 saturated heterocycles. The van der Waals surface area contributed by atoms with Gasteiger partial charge in [0.05, 0.1) is 23.4 Å². The largest absolute Gasteiger partial charge is 0.508 e. The predicted octanol–water partition coefficient (Wildman–Crippen LogP) is 2.99. The normalized spacial score (nSPS) is 24.8. The van der Waals surface area contributed by atoms with Crippen LogP contribution in [0.25, 0.3) is 0 Å². The summed E-state index contributed by atoms with van der Waals surface area (Å²) in [4.78, 5) is 0. The summed E-state index contributed by atoms with van der Waals surface area (Å²) in [5.74, 6) is -0.448. The molecule has 24 heavy (non-hydrogen) atoms. The Morgan fingerprint density at radius 2 is 1.79 bits per heavy atom. The van der Waals surface area contributed by atoms with Gasteiger partial charge in [-0.05, 0) is 48.4 Å². The van der Waals surface area contributed by atoms with Crippen LogP contribution in [-0.2, 0) is 0 Å². The van der Waals surface area contributed by atoms with E-state index in [0.717, 1.165) is 30.4 Å². The van der Waals surface area contributed by atoms with Gasteiger partial charge in [-0.25, -0.2) is 0 Å². The molecule has 3 N–H and O–H groups in total. The highest BCUT2D eigenvalue weighted by Crippen LogP contribution is 2.55. The third-order valence-electron chi connectivity index (χ3n) is 5.05. The fourth-order valence-corrected chi connectivity index (χ4v) is 3.93. The Kier molecular flexibility index (Phi) is 3.76. The molecular formula is C19H16N4O. The summed E-state index contributed by atoms with van der Waals surface area (Å²) in [6, 6.07) is 12.8. The maximum atomic E-state index is 9.84. The second-order valence-corrected chi connectivity index (χ2v) is 6.20. The number of phenols is 1. The minimum absolute atomic E-state index is 0.0393. The van der Waals surface area contributed by atoms with Crippen molar-refractivity contribution in [2.24, 2.45) is 17.1 Å². The summed E-state index contributed by atoms with van der Waals surface area (Å²) in [5, 5.41) is 38.8. The number of nitrogens with zero attached hydrogens (tertiary/aromatic N) is 3. The summed E-state index contributed by atoms with van der Waals surface area (Å²) in [7, 11) is 0. The number of aromatic hydroxyl groups is 1. The lowest BCUT2D eigenvalue weighted by Crippen LogP contribution is -2.42. The van der Waals surface area contributed by atoms with Gasteiger partial charge in [0.2, 0.25) is 0 Å². The average Bonchev–Trinajstić information content (AvgIpc) is 2.62. The zero-order chi connectivity index (χ0) is 17.3. The number of hydrogen-bond donors (Lipinski definition) is 2. The number of rotatable bonds is 1. The molecule has 0 unspecified atom stereocenters. The van der Waals surface area contributed by atoms with Gasteiger partial charge in [0.1, 0.15) is 11.8 Å². The van der Waals surface area contributed by atoms with Crippen molar-refractivity contribution in [1.29, 1.82) is 15.8 Å². The number of nitriles is 3. The first kappa shape index (κ1) is 15.7. The molecule has 2 aliphatic carbocycles. The molecule has 0 aromatic heterocycles. The molecule has 0 bridgehead atoms. The number of phenolic OH excluding ortho intramolecular Hbond substituents is 1. The molecule has 5 heteroatoms. The minimum atomic E-state index is -1.58. The van der Waals surface area contributed by atoms with Crippen LogP contribution in [0.3, 0.4) is 0 Å². The molecule has 5 nitrogen and oxygen atoms in total. The first-order chi connectivity index (χ1) is 11.6. The van der Waals surface area contributed by atoms with Crippen molar-refractivity contribution in [2.45, 2.75) is 25.2 Å². The van der Waals surface area contributed by atoms with E-state index >= 15 is 0 Å². The minimum Gasteiger partial charge on any atom is -0.508 e. The molecule has 0 radical (unpaired) electrons. The van der Waals surface area contributed by atoms with Crippen molar-refractivity contribution in [3.8, 4) is 24.0 Å². The van der Waals surface area contributed by atoms with Crippen LogP contribution in [0.15, 0.2) is 47.2 Å².